The molecule has 3 heteroatoms. The summed E-state index contributed by atoms with van der Waals surface area (Å²) in [5.41, 5.74) is -0.918. The van der Waals surface area contributed by atoms with E-state index in [0.717, 1.165) is 45.2 Å². The first-order chi connectivity index (χ1) is 8.98. The van der Waals surface area contributed by atoms with Crippen LogP contribution in [0.1, 0.15) is 58.8 Å². The summed E-state index contributed by atoms with van der Waals surface area (Å²) < 4.78 is 0. The van der Waals surface area contributed by atoms with Gasteiger partial charge < -0.3 is 4.90 Å². The molecule has 2 bridgehead atoms. The van der Waals surface area contributed by atoms with E-state index in [1.165, 1.54) is 12.8 Å². The van der Waals surface area contributed by atoms with Gasteiger partial charge in [0.15, 0.2) is 5.78 Å². The van der Waals surface area contributed by atoms with E-state index in [-0.39, 0.29) is 17.1 Å². The van der Waals surface area contributed by atoms with E-state index in [4.69, 9.17) is 0 Å². The summed E-state index contributed by atoms with van der Waals surface area (Å²) in [5.74, 6) is 0.814. The summed E-state index contributed by atoms with van der Waals surface area (Å²) >= 11 is 0. The molecule has 2 saturated carbocycles. The van der Waals surface area contributed by atoms with Crippen molar-refractivity contribution in [1.29, 1.82) is 0 Å². The molecule has 0 aromatic carbocycles. The number of carbonyl (C=O) groups excluding carboxylic acids is 2. The maximum atomic E-state index is 12.9. The first-order valence-corrected chi connectivity index (χ1v) is 7.83. The zero-order chi connectivity index (χ0) is 13.7. The molecule has 2 unspecified atom stereocenters. The number of nitrogens with zero attached hydrogens (tertiary/aromatic N) is 1. The second-order valence-electron chi connectivity index (χ2n) is 7.28. The Labute approximate surface area is 115 Å². The first kappa shape index (κ1) is 13.1. The van der Waals surface area contributed by atoms with Crippen molar-refractivity contribution in [3.05, 3.63) is 0 Å². The molecule has 0 spiro atoms. The van der Waals surface area contributed by atoms with Crippen LogP contribution in [0.2, 0.25) is 0 Å². The van der Waals surface area contributed by atoms with Gasteiger partial charge in [-0.25, -0.2) is 0 Å². The zero-order valence-corrected chi connectivity index (χ0v) is 12.2. The van der Waals surface area contributed by atoms with Crippen LogP contribution >= 0.6 is 0 Å². The third-order valence-corrected chi connectivity index (χ3v) is 5.86. The van der Waals surface area contributed by atoms with Crippen LogP contribution in [0, 0.1) is 16.7 Å². The lowest BCUT2D eigenvalue weighted by Crippen LogP contribution is -2.49. The highest BCUT2D eigenvalue weighted by atomic mass is 16.2. The fourth-order valence-electron chi connectivity index (χ4n) is 4.54. The zero-order valence-electron chi connectivity index (χ0n) is 12.2. The van der Waals surface area contributed by atoms with Gasteiger partial charge in [0.1, 0.15) is 5.41 Å². The number of fused-ring (bicyclic) bond motifs is 2. The number of amides is 1. The lowest BCUT2D eigenvalue weighted by Gasteiger charge is -2.35. The summed E-state index contributed by atoms with van der Waals surface area (Å²) in [6.45, 7) is 5.80. The van der Waals surface area contributed by atoms with Gasteiger partial charge in [0.2, 0.25) is 5.91 Å². The molecule has 106 valence electrons. The van der Waals surface area contributed by atoms with Crippen molar-refractivity contribution in [3.63, 3.8) is 0 Å². The summed E-state index contributed by atoms with van der Waals surface area (Å²) in [6, 6.07) is 0. The quantitative estimate of drug-likeness (QED) is 0.682. The highest BCUT2D eigenvalue weighted by Crippen LogP contribution is 2.60. The third-order valence-electron chi connectivity index (χ3n) is 5.86. The molecule has 0 radical (unpaired) electrons. The predicted molar refractivity (Wildman–Crippen MR) is 73.6 cm³/mol. The molecule has 0 aromatic heterocycles. The largest absolute Gasteiger partial charge is 0.342 e. The van der Waals surface area contributed by atoms with Gasteiger partial charge in [0, 0.05) is 18.5 Å². The summed E-state index contributed by atoms with van der Waals surface area (Å²) in [6.07, 6.45) is 7.31. The van der Waals surface area contributed by atoms with Gasteiger partial charge in [-0.1, -0.05) is 26.7 Å². The van der Waals surface area contributed by atoms with E-state index in [2.05, 4.69) is 0 Å². The van der Waals surface area contributed by atoms with Crippen LogP contribution in [0.25, 0.3) is 0 Å². The van der Waals surface area contributed by atoms with Crippen LogP contribution in [0.5, 0.6) is 0 Å². The standard InChI is InChI=1S/C16H25NO2/c1-15(2)12-7-8-16(11-12,13(15)18)14(19)17-9-5-3-4-6-10-17/h12H,3-11H2,1-2H3. The SMILES string of the molecule is CC1(C)C(=O)C2(C(=O)N3CCCCCC3)CCC1C2. The molecule has 1 heterocycles. The highest BCUT2D eigenvalue weighted by Gasteiger charge is 2.65. The molecule has 3 fully saturated rings. The molecule has 1 aliphatic heterocycles. The predicted octanol–water partition coefficient (Wildman–Crippen LogP) is 2.78. The van der Waals surface area contributed by atoms with E-state index < -0.39 is 5.41 Å². The van der Waals surface area contributed by atoms with Gasteiger partial charge in [0.25, 0.3) is 0 Å². The van der Waals surface area contributed by atoms with Gasteiger partial charge in [-0.15, -0.1) is 0 Å². The van der Waals surface area contributed by atoms with Crippen LogP contribution in [0.4, 0.5) is 0 Å². The fraction of sp³-hybridized carbons (Fsp3) is 0.875. The molecule has 0 N–H and O–H groups in total. The number of hydrogen-bond donors (Lipinski definition) is 0. The summed E-state index contributed by atoms with van der Waals surface area (Å²) in [5, 5.41) is 0. The van der Waals surface area contributed by atoms with Crippen molar-refractivity contribution in [3.8, 4) is 0 Å². The smallest absolute Gasteiger partial charge is 0.236 e. The second kappa shape index (κ2) is 4.32. The Morgan fingerprint density at radius 3 is 2.32 bits per heavy atom. The third kappa shape index (κ3) is 1.77. The molecule has 0 aromatic rings. The van der Waals surface area contributed by atoms with E-state index in [9.17, 15) is 9.59 Å². The number of carbonyl (C=O) groups is 2. The van der Waals surface area contributed by atoms with E-state index in [0.29, 0.717) is 5.92 Å². The average molecular weight is 263 g/mol. The highest BCUT2D eigenvalue weighted by molar-refractivity contribution is 6.10. The second-order valence-corrected chi connectivity index (χ2v) is 7.28. The Morgan fingerprint density at radius 2 is 1.79 bits per heavy atom. The van der Waals surface area contributed by atoms with Crippen molar-refractivity contribution in [2.24, 2.45) is 16.7 Å². The topological polar surface area (TPSA) is 37.4 Å². The lowest BCUT2D eigenvalue weighted by atomic mass is 9.70. The average Bonchev–Trinajstić information content (AvgIpc) is 2.76. The van der Waals surface area contributed by atoms with E-state index >= 15 is 0 Å². The molecular weight excluding hydrogens is 238 g/mol. The molecule has 19 heavy (non-hydrogen) atoms. The van der Waals surface area contributed by atoms with Crippen molar-refractivity contribution >= 4 is 11.7 Å². The van der Waals surface area contributed by atoms with Gasteiger partial charge in [-0.3, -0.25) is 9.59 Å². The minimum atomic E-state index is -0.640. The Bertz CT molecular complexity index is 407. The Kier molecular flexibility index (Phi) is 2.99. The van der Waals surface area contributed by atoms with Crippen LogP contribution in [0.15, 0.2) is 0 Å². The van der Waals surface area contributed by atoms with Crippen molar-refractivity contribution in [1.82, 2.24) is 4.90 Å². The molecular formula is C16H25NO2. The van der Waals surface area contributed by atoms with Crippen LogP contribution in [-0.4, -0.2) is 29.7 Å². The summed E-state index contributed by atoms with van der Waals surface area (Å²) in [7, 11) is 0. The molecule has 1 saturated heterocycles. The molecule has 3 nitrogen and oxygen atoms in total. The number of Topliss-reactive ketones (excluding diaryl/α,β-unsaturated/α-hetero) is 1. The van der Waals surface area contributed by atoms with Crippen LogP contribution in [0.3, 0.4) is 0 Å². The maximum absolute atomic E-state index is 12.9. The number of likely N-dealkylation sites (tertiary alicyclic amines) is 1. The van der Waals surface area contributed by atoms with Crippen molar-refractivity contribution < 1.29 is 9.59 Å². The fourth-order valence-corrected chi connectivity index (χ4v) is 4.54. The minimum Gasteiger partial charge on any atom is -0.342 e. The van der Waals surface area contributed by atoms with Gasteiger partial charge in [-0.2, -0.15) is 0 Å². The van der Waals surface area contributed by atoms with E-state index in [1.54, 1.807) is 0 Å². The van der Waals surface area contributed by atoms with Gasteiger partial charge in [-0.05, 0) is 38.0 Å². The van der Waals surface area contributed by atoms with Crippen molar-refractivity contribution in [2.75, 3.05) is 13.1 Å². The summed E-state index contributed by atoms with van der Waals surface area (Å²) in [4.78, 5) is 27.7. The number of rotatable bonds is 1. The molecule has 3 rings (SSSR count). The normalized spacial score (nSPS) is 37.5. The Balaban J connectivity index is 1.85. The maximum Gasteiger partial charge on any atom is 0.236 e. The van der Waals surface area contributed by atoms with E-state index in [1.807, 2.05) is 18.7 Å². The van der Waals surface area contributed by atoms with Crippen molar-refractivity contribution in [2.45, 2.75) is 58.8 Å². The molecule has 2 aliphatic carbocycles. The Morgan fingerprint density at radius 1 is 1.16 bits per heavy atom. The molecule has 2 atom stereocenters. The number of hydrogen-bond acceptors (Lipinski definition) is 2. The van der Waals surface area contributed by atoms with Gasteiger partial charge >= 0.3 is 0 Å². The minimum absolute atomic E-state index is 0.160. The first-order valence-electron chi connectivity index (χ1n) is 7.83. The number of ketones is 1. The van der Waals surface area contributed by atoms with Crippen LogP contribution < -0.4 is 0 Å². The lowest BCUT2D eigenvalue weighted by molar-refractivity contribution is -0.151. The molecule has 3 aliphatic rings. The van der Waals surface area contributed by atoms with Gasteiger partial charge in [0.05, 0.1) is 0 Å². The Hall–Kier alpha value is -0.860. The monoisotopic (exact) mass is 263 g/mol. The van der Waals surface area contributed by atoms with Crippen LogP contribution in [-0.2, 0) is 9.59 Å². The molecule has 1 amide bonds.